The summed E-state index contributed by atoms with van der Waals surface area (Å²) >= 11 is 0. The lowest BCUT2D eigenvalue weighted by molar-refractivity contribution is 0.236. The molecule has 0 amide bonds. The molecule has 1 aromatic carbocycles. The Kier molecular flexibility index (Phi) is 3.46. The third-order valence-electron chi connectivity index (χ3n) is 3.20. The summed E-state index contributed by atoms with van der Waals surface area (Å²) in [4.78, 5) is 0. The Balaban J connectivity index is 2.21. The van der Waals surface area contributed by atoms with Crippen LogP contribution in [0, 0.1) is 0 Å². The van der Waals surface area contributed by atoms with Crippen molar-refractivity contribution in [1.82, 2.24) is 5.32 Å². The molecule has 3 nitrogen and oxygen atoms in total. The average Bonchev–Trinajstić information content (AvgIpc) is 2.29. The topological polar surface area (TPSA) is 52.5 Å². The smallest absolute Gasteiger partial charge is 0.115 e. The summed E-state index contributed by atoms with van der Waals surface area (Å²) in [6, 6.07) is 5.95. The highest BCUT2D eigenvalue weighted by Crippen LogP contribution is 2.32. The number of aryl methyl sites for hydroxylation is 1. The van der Waals surface area contributed by atoms with Gasteiger partial charge in [-0.15, -0.1) is 0 Å². The van der Waals surface area contributed by atoms with Gasteiger partial charge in [0.1, 0.15) is 5.75 Å². The summed E-state index contributed by atoms with van der Waals surface area (Å²) in [6.45, 7) is 2.11. The molecule has 2 unspecified atom stereocenters. The average molecular weight is 221 g/mol. The lowest BCUT2D eigenvalue weighted by atomic mass is 9.87. The van der Waals surface area contributed by atoms with Crippen molar-refractivity contribution in [2.24, 2.45) is 0 Å². The monoisotopic (exact) mass is 221 g/mol. The van der Waals surface area contributed by atoms with Crippen LogP contribution < -0.4 is 5.32 Å². The van der Waals surface area contributed by atoms with E-state index in [-0.39, 0.29) is 18.7 Å². The molecule has 3 N–H and O–H groups in total. The number of rotatable bonds is 3. The Morgan fingerprint density at radius 2 is 2.31 bits per heavy atom. The number of fused-ring (bicyclic) bond motifs is 1. The maximum Gasteiger partial charge on any atom is 0.115 e. The fraction of sp³-hybridized carbons (Fsp3) is 0.538. The normalized spacial score (nSPS) is 21.5. The maximum absolute atomic E-state index is 9.52. The summed E-state index contributed by atoms with van der Waals surface area (Å²) in [7, 11) is 0. The zero-order valence-electron chi connectivity index (χ0n) is 9.61. The lowest BCUT2D eigenvalue weighted by Crippen LogP contribution is -2.34. The van der Waals surface area contributed by atoms with Gasteiger partial charge in [0.2, 0.25) is 0 Å². The maximum atomic E-state index is 9.52. The predicted molar refractivity (Wildman–Crippen MR) is 63.5 cm³/mol. The molecule has 0 spiro atoms. The standard InChI is InChI=1S/C13H19NO2/c1-9(8-15)14-13-4-2-3-10-5-6-11(16)7-12(10)13/h5-7,9,13-16H,2-4,8H2,1H3. The Labute approximate surface area is 96.1 Å². The first kappa shape index (κ1) is 11.4. The number of benzene rings is 1. The van der Waals surface area contributed by atoms with E-state index in [4.69, 9.17) is 5.11 Å². The number of nitrogens with one attached hydrogen (secondary N) is 1. The van der Waals surface area contributed by atoms with Crippen molar-refractivity contribution in [2.45, 2.75) is 38.3 Å². The number of hydrogen-bond donors (Lipinski definition) is 3. The van der Waals surface area contributed by atoms with Crippen LogP contribution in [-0.2, 0) is 6.42 Å². The molecule has 0 fully saturated rings. The molecule has 2 atom stereocenters. The van der Waals surface area contributed by atoms with Gasteiger partial charge in [-0.3, -0.25) is 0 Å². The first-order chi connectivity index (χ1) is 7.70. The highest BCUT2D eigenvalue weighted by atomic mass is 16.3. The molecular formula is C13H19NO2. The minimum Gasteiger partial charge on any atom is -0.508 e. The molecule has 0 saturated heterocycles. The lowest BCUT2D eigenvalue weighted by Gasteiger charge is -2.28. The second-order valence-corrected chi connectivity index (χ2v) is 4.58. The van der Waals surface area contributed by atoms with Crippen LogP contribution in [0.5, 0.6) is 5.75 Å². The number of aromatic hydroxyl groups is 1. The van der Waals surface area contributed by atoms with E-state index in [1.54, 1.807) is 6.07 Å². The highest BCUT2D eigenvalue weighted by molar-refractivity contribution is 5.38. The largest absolute Gasteiger partial charge is 0.508 e. The van der Waals surface area contributed by atoms with E-state index in [0.29, 0.717) is 5.75 Å². The predicted octanol–water partition coefficient (Wildman–Crippen LogP) is 1.74. The van der Waals surface area contributed by atoms with E-state index in [2.05, 4.69) is 5.32 Å². The van der Waals surface area contributed by atoms with E-state index in [0.717, 1.165) is 19.3 Å². The second kappa shape index (κ2) is 4.85. The number of phenols is 1. The van der Waals surface area contributed by atoms with Crippen molar-refractivity contribution in [2.75, 3.05) is 6.61 Å². The van der Waals surface area contributed by atoms with Crippen LogP contribution in [0.1, 0.15) is 36.9 Å². The summed E-state index contributed by atoms with van der Waals surface area (Å²) in [5, 5.41) is 22.0. The summed E-state index contributed by atoms with van der Waals surface area (Å²) in [5.74, 6) is 0.323. The molecule has 1 aliphatic rings. The molecule has 0 bridgehead atoms. The Hall–Kier alpha value is -1.06. The van der Waals surface area contributed by atoms with Gasteiger partial charge in [-0.2, -0.15) is 0 Å². The van der Waals surface area contributed by atoms with Crippen molar-refractivity contribution >= 4 is 0 Å². The van der Waals surface area contributed by atoms with Crippen molar-refractivity contribution in [3.8, 4) is 5.75 Å². The van der Waals surface area contributed by atoms with Crippen LogP contribution in [0.4, 0.5) is 0 Å². The minimum atomic E-state index is 0.0956. The van der Waals surface area contributed by atoms with Crippen LogP contribution in [0.2, 0.25) is 0 Å². The minimum absolute atomic E-state index is 0.0956. The van der Waals surface area contributed by atoms with Gasteiger partial charge in [-0.1, -0.05) is 6.07 Å². The zero-order chi connectivity index (χ0) is 11.5. The van der Waals surface area contributed by atoms with Crippen molar-refractivity contribution < 1.29 is 10.2 Å². The highest BCUT2D eigenvalue weighted by Gasteiger charge is 2.21. The summed E-state index contributed by atoms with van der Waals surface area (Å²) in [6.07, 6.45) is 3.32. The molecule has 16 heavy (non-hydrogen) atoms. The van der Waals surface area contributed by atoms with Gasteiger partial charge in [0.15, 0.2) is 0 Å². The van der Waals surface area contributed by atoms with Crippen LogP contribution in [0.3, 0.4) is 0 Å². The molecule has 88 valence electrons. The number of hydrogen-bond acceptors (Lipinski definition) is 3. The molecular weight excluding hydrogens is 202 g/mol. The number of aliphatic hydroxyl groups is 1. The number of phenolic OH excluding ortho intramolecular Hbond substituents is 1. The van der Waals surface area contributed by atoms with Gasteiger partial charge >= 0.3 is 0 Å². The second-order valence-electron chi connectivity index (χ2n) is 4.58. The van der Waals surface area contributed by atoms with Crippen LogP contribution >= 0.6 is 0 Å². The Morgan fingerprint density at radius 1 is 1.50 bits per heavy atom. The third kappa shape index (κ3) is 2.36. The first-order valence-electron chi connectivity index (χ1n) is 5.89. The van der Waals surface area contributed by atoms with Crippen molar-refractivity contribution in [3.05, 3.63) is 29.3 Å². The zero-order valence-corrected chi connectivity index (χ0v) is 9.61. The molecule has 0 saturated carbocycles. The van der Waals surface area contributed by atoms with Gasteiger partial charge in [0.05, 0.1) is 6.61 Å². The van der Waals surface area contributed by atoms with Crippen LogP contribution in [-0.4, -0.2) is 22.9 Å². The van der Waals surface area contributed by atoms with E-state index >= 15 is 0 Å². The van der Waals surface area contributed by atoms with Gasteiger partial charge < -0.3 is 15.5 Å². The van der Waals surface area contributed by atoms with E-state index < -0.39 is 0 Å². The third-order valence-corrected chi connectivity index (χ3v) is 3.20. The molecule has 2 rings (SSSR count). The molecule has 0 radical (unpaired) electrons. The summed E-state index contributed by atoms with van der Waals surface area (Å²) < 4.78 is 0. The van der Waals surface area contributed by atoms with Gasteiger partial charge in [-0.25, -0.2) is 0 Å². The number of aliphatic hydroxyl groups excluding tert-OH is 1. The first-order valence-corrected chi connectivity index (χ1v) is 5.89. The van der Waals surface area contributed by atoms with Gasteiger partial charge in [0, 0.05) is 12.1 Å². The molecule has 1 aromatic rings. The van der Waals surface area contributed by atoms with Crippen LogP contribution in [0.15, 0.2) is 18.2 Å². The molecule has 0 aromatic heterocycles. The van der Waals surface area contributed by atoms with E-state index in [1.807, 2.05) is 19.1 Å². The van der Waals surface area contributed by atoms with Crippen molar-refractivity contribution in [3.63, 3.8) is 0 Å². The Bertz CT molecular complexity index is 365. The van der Waals surface area contributed by atoms with E-state index in [9.17, 15) is 5.11 Å². The quantitative estimate of drug-likeness (QED) is 0.728. The van der Waals surface area contributed by atoms with Crippen LogP contribution in [0.25, 0.3) is 0 Å². The SMILES string of the molecule is CC(CO)NC1CCCc2ccc(O)cc21. The van der Waals surface area contributed by atoms with Crippen molar-refractivity contribution in [1.29, 1.82) is 0 Å². The molecule has 0 heterocycles. The molecule has 0 aliphatic heterocycles. The summed E-state index contributed by atoms with van der Waals surface area (Å²) in [5.41, 5.74) is 2.50. The van der Waals surface area contributed by atoms with E-state index in [1.165, 1.54) is 11.1 Å². The molecule has 1 aliphatic carbocycles. The van der Waals surface area contributed by atoms with Gasteiger partial charge in [-0.05, 0) is 49.4 Å². The fourth-order valence-corrected chi connectivity index (χ4v) is 2.36. The van der Waals surface area contributed by atoms with Gasteiger partial charge in [0.25, 0.3) is 0 Å². The molecule has 3 heteroatoms. The fourth-order valence-electron chi connectivity index (χ4n) is 2.36. The Morgan fingerprint density at radius 3 is 3.06 bits per heavy atom.